The Morgan fingerprint density at radius 2 is 1.81 bits per heavy atom. The summed E-state index contributed by atoms with van der Waals surface area (Å²) in [7, 11) is 0. The molecule has 2 amide bonds. The number of hydrogen-bond acceptors (Lipinski definition) is 4. The monoisotopic (exact) mass is 451 g/mol. The molecule has 7 heteroatoms. The summed E-state index contributed by atoms with van der Waals surface area (Å²) in [5.41, 5.74) is 2.54. The number of piperidine rings is 1. The molecule has 1 unspecified atom stereocenters. The molecule has 1 saturated heterocycles. The van der Waals surface area contributed by atoms with Gasteiger partial charge in [-0.15, -0.1) is 0 Å². The Morgan fingerprint density at radius 1 is 1.03 bits per heavy atom. The van der Waals surface area contributed by atoms with Gasteiger partial charge >= 0.3 is 6.03 Å². The lowest BCUT2D eigenvalue weighted by Gasteiger charge is -2.40. The molecule has 6 nitrogen and oxygen atoms in total. The van der Waals surface area contributed by atoms with Crippen molar-refractivity contribution < 1.29 is 4.79 Å². The Bertz CT molecular complexity index is 958. The first-order valence-corrected chi connectivity index (χ1v) is 11.8. The lowest BCUT2D eigenvalue weighted by atomic mass is 9.89. The van der Waals surface area contributed by atoms with Gasteiger partial charge in [-0.1, -0.05) is 30.5 Å². The van der Waals surface area contributed by atoms with Crippen molar-refractivity contribution in [3.05, 3.63) is 59.1 Å². The van der Waals surface area contributed by atoms with E-state index in [4.69, 9.17) is 16.9 Å². The second-order valence-electron chi connectivity index (χ2n) is 8.72. The van der Waals surface area contributed by atoms with Crippen LogP contribution in [0, 0.1) is 11.3 Å². The lowest BCUT2D eigenvalue weighted by Crippen LogP contribution is -2.57. The number of nitriles is 1. The van der Waals surface area contributed by atoms with Gasteiger partial charge in [0.05, 0.1) is 11.6 Å². The van der Waals surface area contributed by atoms with Crippen molar-refractivity contribution >= 4 is 29.0 Å². The number of carbonyl (C=O) groups excluding carboxylic acids is 1. The number of nitrogens with zero attached hydrogens (tertiary/aromatic N) is 2. The predicted octanol–water partition coefficient (Wildman–Crippen LogP) is 4.90. The number of anilines is 2. The molecule has 32 heavy (non-hydrogen) atoms. The Hall–Kier alpha value is -2.75. The summed E-state index contributed by atoms with van der Waals surface area (Å²) in [6.45, 7) is 1.96. The van der Waals surface area contributed by atoms with E-state index in [1.54, 1.807) is 12.1 Å². The molecule has 0 spiro atoms. The topological polar surface area (TPSA) is 80.2 Å². The highest BCUT2D eigenvalue weighted by molar-refractivity contribution is 6.30. The average Bonchev–Trinajstić information content (AvgIpc) is 2.80. The van der Waals surface area contributed by atoms with Crippen LogP contribution in [-0.4, -0.2) is 37.2 Å². The van der Waals surface area contributed by atoms with Gasteiger partial charge < -0.3 is 20.9 Å². The average molecular weight is 452 g/mol. The molecule has 4 rings (SSSR count). The van der Waals surface area contributed by atoms with Crippen molar-refractivity contribution in [1.82, 2.24) is 10.6 Å². The van der Waals surface area contributed by atoms with Crippen molar-refractivity contribution in [2.24, 2.45) is 0 Å². The van der Waals surface area contributed by atoms with E-state index >= 15 is 0 Å². The normalized spacial score (nSPS) is 23.2. The van der Waals surface area contributed by atoms with Crippen LogP contribution in [0.4, 0.5) is 16.2 Å². The largest absolute Gasteiger partial charge is 0.370 e. The van der Waals surface area contributed by atoms with Gasteiger partial charge in [-0.3, -0.25) is 0 Å². The van der Waals surface area contributed by atoms with Crippen molar-refractivity contribution in [3.63, 3.8) is 0 Å². The van der Waals surface area contributed by atoms with Crippen LogP contribution in [0.2, 0.25) is 5.02 Å². The third-order valence-corrected chi connectivity index (χ3v) is 6.63. The van der Waals surface area contributed by atoms with E-state index in [0.29, 0.717) is 22.3 Å². The number of carbonyl (C=O) groups is 1. The van der Waals surface area contributed by atoms with E-state index in [1.807, 2.05) is 36.4 Å². The quantitative estimate of drug-likeness (QED) is 0.603. The van der Waals surface area contributed by atoms with Gasteiger partial charge in [-0.05, 0) is 68.1 Å². The van der Waals surface area contributed by atoms with E-state index in [-0.39, 0.29) is 18.1 Å². The van der Waals surface area contributed by atoms with Crippen LogP contribution in [0.25, 0.3) is 0 Å². The van der Waals surface area contributed by atoms with Crippen LogP contribution in [-0.2, 0) is 0 Å². The van der Waals surface area contributed by atoms with Gasteiger partial charge in [0.1, 0.15) is 0 Å². The number of urea groups is 1. The fourth-order valence-corrected chi connectivity index (χ4v) is 4.99. The van der Waals surface area contributed by atoms with Crippen LogP contribution >= 0.6 is 11.6 Å². The molecule has 3 atom stereocenters. The summed E-state index contributed by atoms with van der Waals surface area (Å²) in [5.74, 6) is 0. The van der Waals surface area contributed by atoms with Gasteiger partial charge in [0, 0.05) is 47.6 Å². The maximum atomic E-state index is 12.6. The first-order chi connectivity index (χ1) is 15.6. The third-order valence-electron chi connectivity index (χ3n) is 6.40. The molecule has 3 N–H and O–H groups in total. The molecule has 2 aromatic carbocycles. The van der Waals surface area contributed by atoms with Gasteiger partial charge in [0.15, 0.2) is 0 Å². The van der Waals surface area contributed by atoms with Crippen molar-refractivity contribution in [3.8, 4) is 6.07 Å². The Kier molecular flexibility index (Phi) is 7.51. The molecule has 1 heterocycles. The van der Waals surface area contributed by atoms with Crippen LogP contribution in [0.3, 0.4) is 0 Å². The minimum Gasteiger partial charge on any atom is -0.370 e. The van der Waals surface area contributed by atoms with Crippen LogP contribution in [0.15, 0.2) is 48.5 Å². The summed E-state index contributed by atoms with van der Waals surface area (Å²) in [6, 6.07) is 17.8. The summed E-state index contributed by atoms with van der Waals surface area (Å²) in [6.07, 6.45) is 6.60. The molecule has 2 aromatic rings. The zero-order valence-electron chi connectivity index (χ0n) is 18.2. The summed E-state index contributed by atoms with van der Waals surface area (Å²) in [4.78, 5) is 15.0. The fourth-order valence-electron chi connectivity index (χ4n) is 4.80. The first kappa shape index (κ1) is 22.4. The highest BCUT2D eigenvalue weighted by atomic mass is 35.5. The lowest BCUT2D eigenvalue weighted by molar-refractivity contribution is 0.226. The van der Waals surface area contributed by atoms with Gasteiger partial charge in [0.2, 0.25) is 0 Å². The molecular formula is C25H30ClN5O. The SMILES string of the molecule is N#Cc1ccc(N2CCCC(N[C@@H]3CCCC[C@H]3NC(=O)Nc3cccc(Cl)c3)C2)cc1. The highest BCUT2D eigenvalue weighted by Crippen LogP contribution is 2.24. The number of amides is 2. The second-order valence-corrected chi connectivity index (χ2v) is 9.15. The van der Waals surface area contributed by atoms with Crippen molar-refractivity contribution in [2.75, 3.05) is 23.3 Å². The molecular weight excluding hydrogens is 422 g/mol. The number of benzene rings is 2. The van der Waals surface area contributed by atoms with E-state index in [9.17, 15) is 4.79 Å². The third kappa shape index (κ3) is 5.93. The van der Waals surface area contributed by atoms with Crippen molar-refractivity contribution in [2.45, 2.75) is 56.7 Å². The molecule has 1 aliphatic heterocycles. The maximum Gasteiger partial charge on any atom is 0.319 e. The summed E-state index contributed by atoms with van der Waals surface area (Å²) in [5, 5.41) is 19.6. The molecule has 168 valence electrons. The Morgan fingerprint density at radius 3 is 2.56 bits per heavy atom. The van der Waals surface area contributed by atoms with Crippen LogP contribution < -0.4 is 20.9 Å². The zero-order valence-corrected chi connectivity index (χ0v) is 18.9. The van der Waals surface area contributed by atoms with Crippen LogP contribution in [0.5, 0.6) is 0 Å². The first-order valence-electron chi connectivity index (χ1n) is 11.4. The molecule has 2 fully saturated rings. The minimum absolute atomic E-state index is 0.105. The van der Waals surface area contributed by atoms with Crippen molar-refractivity contribution in [1.29, 1.82) is 5.26 Å². The fraction of sp³-hybridized carbons (Fsp3) is 0.440. The van der Waals surface area contributed by atoms with Crippen LogP contribution in [0.1, 0.15) is 44.1 Å². The van der Waals surface area contributed by atoms with Gasteiger partial charge in [-0.2, -0.15) is 5.26 Å². The van der Waals surface area contributed by atoms with Gasteiger partial charge in [-0.25, -0.2) is 4.79 Å². The smallest absolute Gasteiger partial charge is 0.319 e. The minimum atomic E-state index is -0.186. The highest BCUT2D eigenvalue weighted by Gasteiger charge is 2.30. The Labute approximate surface area is 194 Å². The molecule has 0 bridgehead atoms. The maximum absolute atomic E-state index is 12.6. The number of nitrogens with one attached hydrogen (secondary N) is 3. The predicted molar refractivity (Wildman–Crippen MR) is 129 cm³/mol. The van der Waals surface area contributed by atoms with E-state index in [0.717, 1.165) is 50.9 Å². The van der Waals surface area contributed by atoms with Gasteiger partial charge in [0.25, 0.3) is 0 Å². The zero-order chi connectivity index (χ0) is 22.3. The van der Waals surface area contributed by atoms with E-state index < -0.39 is 0 Å². The Balaban J connectivity index is 1.34. The number of rotatable bonds is 5. The number of hydrogen-bond donors (Lipinski definition) is 3. The molecule has 2 aliphatic rings. The van der Waals surface area contributed by atoms with E-state index in [2.05, 4.69) is 26.9 Å². The molecule has 1 aliphatic carbocycles. The molecule has 1 saturated carbocycles. The summed E-state index contributed by atoms with van der Waals surface area (Å²) < 4.78 is 0. The number of halogens is 1. The summed E-state index contributed by atoms with van der Waals surface area (Å²) >= 11 is 6.02. The molecule has 0 radical (unpaired) electrons. The second kappa shape index (κ2) is 10.7. The molecule has 0 aromatic heterocycles. The van der Waals surface area contributed by atoms with E-state index in [1.165, 1.54) is 6.42 Å². The standard InChI is InChI=1S/C25H30ClN5O/c26-19-5-3-6-20(15-19)29-25(32)30-24-9-2-1-8-23(24)28-21-7-4-14-31(17-21)22-12-10-18(16-27)11-13-22/h3,5-6,10-13,15,21,23-24,28H,1-2,4,7-9,14,17H2,(H2,29,30,32)/t21?,23-,24-/m1/s1.